The zero-order chi connectivity index (χ0) is 10.9. The van der Waals surface area contributed by atoms with Gasteiger partial charge in [0, 0.05) is 6.54 Å². The number of morpholine rings is 1. The normalized spacial score (nSPS) is 26.1. The highest BCUT2D eigenvalue weighted by Crippen LogP contribution is 2.20. The van der Waals surface area contributed by atoms with Gasteiger partial charge in [-0.3, -0.25) is 5.43 Å². The molecule has 5 heteroatoms. The summed E-state index contributed by atoms with van der Waals surface area (Å²) in [7, 11) is 0. The van der Waals surface area contributed by atoms with Crippen molar-refractivity contribution in [3.8, 4) is 0 Å². The number of rotatable bonds is 0. The Kier molecular flexibility index (Phi) is 2.67. The van der Waals surface area contributed by atoms with Crippen LogP contribution in [0.4, 0.5) is 0 Å². The van der Waals surface area contributed by atoms with Gasteiger partial charge in [-0.2, -0.15) is 5.10 Å². The third-order valence-electron chi connectivity index (χ3n) is 2.63. The fourth-order valence-corrected chi connectivity index (χ4v) is 1.79. The second-order valence-electron chi connectivity index (χ2n) is 4.39. The van der Waals surface area contributed by atoms with E-state index in [0.29, 0.717) is 6.17 Å². The molecule has 3 N–H and O–H groups in total. The van der Waals surface area contributed by atoms with Gasteiger partial charge in [-0.1, -0.05) is 0 Å². The lowest BCUT2D eigenvalue weighted by Gasteiger charge is -2.43. The first-order chi connectivity index (χ1) is 7.09. The third-order valence-corrected chi connectivity index (χ3v) is 2.63. The monoisotopic (exact) mass is 209 g/mol. The maximum Gasteiger partial charge on any atom is 0.163 e. The first-order valence-electron chi connectivity index (χ1n) is 5.09. The third kappa shape index (κ3) is 2.13. The van der Waals surface area contributed by atoms with Crippen LogP contribution in [0.15, 0.2) is 17.3 Å². The molecule has 0 saturated carbocycles. The van der Waals surface area contributed by atoms with Crippen LogP contribution in [0.5, 0.6) is 0 Å². The van der Waals surface area contributed by atoms with Crippen molar-refractivity contribution in [3.05, 3.63) is 18.3 Å². The molecule has 83 valence electrons. The molecule has 0 atom stereocenters. The molecule has 0 aromatic heterocycles. The summed E-state index contributed by atoms with van der Waals surface area (Å²) >= 11 is 0. The Labute approximate surface area is 90.0 Å². The summed E-state index contributed by atoms with van der Waals surface area (Å²) in [5, 5.41) is 4.22. The molecule has 1 saturated heterocycles. The smallest absolute Gasteiger partial charge is 0.163 e. The zero-order valence-corrected chi connectivity index (χ0v) is 9.16. The number of hydrogen-bond acceptors (Lipinski definition) is 5. The number of hydrazone groups is 1. The van der Waals surface area contributed by atoms with E-state index in [1.165, 1.54) is 0 Å². The van der Waals surface area contributed by atoms with Crippen molar-refractivity contribution in [3.63, 3.8) is 0 Å². The van der Waals surface area contributed by atoms with Gasteiger partial charge in [0.25, 0.3) is 0 Å². The first kappa shape index (κ1) is 10.4. The van der Waals surface area contributed by atoms with Crippen LogP contribution in [0.25, 0.3) is 0 Å². The van der Waals surface area contributed by atoms with Crippen LogP contribution in [0.2, 0.25) is 0 Å². The van der Waals surface area contributed by atoms with Gasteiger partial charge in [0.05, 0.1) is 18.8 Å². The molecule has 0 amide bonds. The van der Waals surface area contributed by atoms with Gasteiger partial charge in [0.1, 0.15) is 5.84 Å². The van der Waals surface area contributed by atoms with Crippen molar-refractivity contribution in [2.45, 2.75) is 19.4 Å². The lowest BCUT2D eigenvalue weighted by atomic mass is 10.0. The Bertz CT molecular complexity index is 298. The van der Waals surface area contributed by atoms with Crippen molar-refractivity contribution in [1.82, 2.24) is 10.3 Å². The minimum Gasteiger partial charge on any atom is -0.377 e. The van der Waals surface area contributed by atoms with Crippen LogP contribution in [0, 0.1) is 6.17 Å². The van der Waals surface area contributed by atoms with E-state index in [9.17, 15) is 0 Å². The predicted octanol–water partition coefficient (Wildman–Crippen LogP) is 0.0183. The van der Waals surface area contributed by atoms with Crippen LogP contribution in [0.3, 0.4) is 0 Å². The average molecular weight is 209 g/mol. The maximum absolute atomic E-state index is 5.56. The van der Waals surface area contributed by atoms with Crippen molar-refractivity contribution in [2.24, 2.45) is 10.8 Å². The second kappa shape index (κ2) is 3.83. The van der Waals surface area contributed by atoms with E-state index >= 15 is 0 Å². The van der Waals surface area contributed by atoms with Crippen molar-refractivity contribution < 1.29 is 4.74 Å². The van der Waals surface area contributed by atoms with Crippen LogP contribution < -0.4 is 11.2 Å². The molecule has 1 fully saturated rings. The minimum atomic E-state index is -0.0186. The molecule has 1 radical (unpaired) electrons. The minimum absolute atomic E-state index is 0.0186. The molecule has 0 bridgehead atoms. The highest BCUT2D eigenvalue weighted by molar-refractivity contribution is 5.94. The fourth-order valence-electron chi connectivity index (χ4n) is 1.79. The molecular weight excluding hydrogens is 192 g/mol. The highest BCUT2D eigenvalue weighted by Gasteiger charge is 2.32. The number of nitrogens with two attached hydrogens (primary N) is 1. The second-order valence-corrected chi connectivity index (χ2v) is 4.39. The maximum atomic E-state index is 5.56. The molecule has 0 aromatic carbocycles. The Morgan fingerprint density at radius 2 is 2.33 bits per heavy atom. The quantitative estimate of drug-likeness (QED) is 0.590. The summed E-state index contributed by atoms with van der Waals surface area (Å²) in [6.07, 6.45) is 4.33. The van der Waals surface area contributed by atoms with Gasteiger partial charge in [0.2, 0.25) is 0 Å². The van der Waals surface area contributed by atoms with E-state index in [2.05, 4.69) is 29.3 Å². The van der Waals surface area contributed by atoms with Gasteiger partial charge >= 0.3 is 0 Å². The predicted molar refractivity (Wildman–Crippen MR) is 58.7 cm³/mol. The zero-order valence-electron chi connectivity index (χ0n) is 9.16. The van der Waals surface area contributed by atoms with Crippen LogP contribution in [-0.2, 0) is 4.74 Å². The molecule has 0 unspecified atom stereocenters. The lowest BCUT2D eigenvalue weighted by Crippen LogP contribution is -2.56. The molecule has 0 aliphatic carbocycles. The molecule has 5 nitrogen and oxygen atoms in total. The lowest BCUT2D eigenvalue weighted by molar-refractivity contribution is -0.0147. The summed E-state index contributed by atoms with van der Waals surface area (Å²) in [6, 6.07) is 0. The van der Waals surface area contributed by atoms with E-state index in [0.717, 1.165) is 25.6 Å². The summed E-state index contributed by atoms with van der Waals surface area (Å²) in [6.45, 7) is 6.61. The SMILES string of the molecule is CC1(C)COCCN1C1=NN[C](N)C=C1. The van der Waals surface area contributed by atoms with Gasteiger partial charge in [-0.05, 0) is 26.0 Å². The number of amidine groups is 1. The largest absolute Gasteiger partial charge is 0.377 e. The van der Waals surface area contributed by atoms with Crippen molar-refractivity contribution in [1.29, 1.82) is 0 Å². The number of nitrogens with zero attached hydrogens (tertiary/aromatic N) is 2. The van der Waals surface area contributed by atoms with Crippen molar-refractivity contribution >= 4 is 5.84 Å². The Morgan fingerprint density at radius 3 is 2.93 bits per heavy atom. The van der Waals surface area contributed by atoms with E-state index in [-0.39, 0.29) is 5.54 Å². The molecule has 2 rings (SSSR count). The summed E-state index contributed by atoms with van der Waals surface area (Å²) in [4.78, 5) is 2.23. The molecule has 0 spiro atoms. The summed E-state index contributed by atoms with van der Waals surface area (Å²) < 4.78 is 5.46. The Morgan fingerprint density at radius 1 is 1.53 bits per heavy atom. The number of hydrogen-bond donors (Lipinski definition) is 2. The summed E-state index contributed by atoms with van der Waals surface area (Å²) in [5.41, 5.74) is 8.32. The topological polar surface area (TPSA) is 62.9 Å². The van der Waals surface area contributed by atoms with Gasteiger partial charge < -0.3 is 15.4 Å². The van der Waals surface area contributed by atoms with Gasteiger partial charge in [-0.25, -0.2) is 0 Å². The fraction of sp³-hybridized carbons (Fsp3) is 0.600. The standard InChI is InChI=1S/C10H17N4O/c1-10(2)7-15-6-5-14(10)9-4-3-8(11)12-13-9/h3-4,12H,5-7,11H2,1-2H3. The van der Waals surface area contributed by atoms with Crippen LogP contribution in [-0.4, -0.2) is 36.0 Å². The molecule has 2 aliphatic rings. The number of ether oxygens (including phenoxy) is 1. The molecule has 2 aliphatic heterocycles. The highest BCUT2D eigenvalue weighted by atomic mass is 16.5. The molecule has 2 heterocycles. The molecule has 15 heavy (non-hydrogen) atoms. The van der Waals surface area contributed by atoms with Crippen molar-refractivity contribution in [2.75, 3.05) is 19.8 Å². The molecular formula is C10H17N4O. The van der Waals surface area contributed by atoms with E-state index < -0.39 is 0 Å². The number of nitrogens with one attached hydrogen (secondary N) is 1. The molecule has 0 aromatic rings. The Balaban J connectivity index is 2.13. The van der Waals surface area contributed by atoms with Crippen LogP contribution >= 0.6 is 0 Å². The summed E-state index contributed by atoms with van der Waals surface area (Å²) in [5.74, 6) is 0.914. The van der Waals surface area contributed by atoms with Gasteiger partial charge in [0.15, 0.2) is 6.17 Å². The van der Waals surface area contributed by atoms with E-state index in [1.54, 1.807) is 0 Å². The first-order valence-corrected chi connectivity index (χ1v) is 5.09. The van der Waals surface area contributed by atoms with Crippen LogP contribution in [0.1, 0.15) is 13.8 Å². The van der Waals surface area contributed by atoms with Gasteiger partial charge in [-0.15, -0.1) is 0 Å². The van der Waals surface area contributed by atoms with E-state index in [4.69, 9.17) is 10.5 Å². The average Bonchev–Trinajstić information content (AvgIpc) is 2.19. The van der Waals surface area contributed by atoms with E-state index in [1.807, 2.05) is 12.2 Å². The Hall–Kier alpha value is -1.07.